The molecule has 0 amide bonds. The molecule has 2 rings (SSSR count). The Morgan fingerprint density at radius 2 is 2.18 bits per heavy atom. The van der Waals surface area contributed by atoms with Gasteiger partial charge in [0.1, 0.15) is 18.0 Å². The van der Waals surface area contributed by atoms with Crippen molar-refractivity contribution in [2.75, 3.05) is 13.1 Å². The van der Waals surface area contributed by atoms with Crippen LogP contribution in [0, 0.1) is 0 Å². The molecule has 94 valence electrons. The van der Waals surface area contributed by atoms with Gasteiger partial charge in [-0.25, -0.2) is 0 Å². The normalized spacial score (nSPS) is 24.3. The molecule has 1 aliphatic rings. The first-order valence-corrected chi connectivity index (χ1v) is 6.72. The topological polar surface area (TPSA) is 41.5 Å². The molecule has 1 aliphatic heterocycles. The van der Waals surface area contributed by atoms with Crippen molar-refractivity contribution < 1.29 is 9.84 Å². The number of ether oxygens (including phenoxy) is 1. The number of aliphatic hydroxyl groups excluding tert-OH is 1. The van der Waals surface area contributed by atoms with Crippen molar-refractivity contribution in [2.45, 2.75) is 32.0 Å². The molecule has 17 heavy (non-hydrogen) atoms. The van der Waals surface area contributed by atoms with Crippen LogP contribution < -0.4 is 10.1 Å². The van der Waals surface area contributed by atoms with E-state index in [2.05, 4.69) is 41.2 Å². The minimum atomic E-state index is -0.418. The zero-order valence-electron chi connectivity index (χ0n) is 10.1. The van der Waals surface area contributed by atoms with Crippen molar-refractivity contribution >= 4 is 15.9 Å². The molecule has 1 saturated heterocycles. The summed E-state index contributed by atoms with van der Waals surface area (Å²) in [7, 11) is 0. The van der Waals surface area contributed by atoms with Gasteiger partial charge in [0.2, 0.25) is 0 Å². The van der Waals surface area contributed by atoms with Crippen LogP contribution in [0.2, 0.25) is 0 Å². The SMILES string of the molecule is CC(C)c1cc(Br)ccc1OC1CNCC1O. The molecule has 0 aliphatic carbocycles. The van der Waals surface area contributed by atoms with Crippen molar-refractivity contribution in [3.05, 3.63) is 28.2 Å². The average Bonchev–Trinajstić information content (AvgIpc) is 2.67. The quantitative estimate of drug-likeness (QED) is 0.900. The highest BCUT2D eigenvalue weighted by Gasteiger charge is 2.27. The maximum absolute atomic E-state index is 9.74. The Morgan fingerprint density at radius 1 is 1.41 bits per heavy atom. The summed E-state index contributed by atoms with van der Waals surface area (Å²) in [6, 6.07) is 6.01. The first-order chi connectivity index (χ1) is 8.08. The van der Waals surface area contributed by atoms with Gasteiger partial charge in [-0.15, -0.1) is 0 Å². The van der Waals surface area contributed by atoms with Crippen LogP contribution in [0.1, 0.15) is 25.3 Å². The molecule has 0 radical (unpaired) electrons. The molecular formula is C13H18BrNO2. The van der Waals surface area contributed by atoms with Crippen LogP contribution in [0.25, 0.3) is 0 Å². The van der Waals surface area contributed by atoms with E-state index in [-0.39, 0.29) is 6.10 Å². The first kappa shape index (κ1) is 12.9. The molecule has 3 nitrogen and oxygen atoms in total. The second-order valence-corrected chi connectivity index (χ2v) is 5.63. The van der Waals surface area contributed by atoms with Crippen LogP contribution in [0.15, 0.2) is 22.7 Å². The number of benzene rings is 1. The van der Waals surface area contributed by atoms with Crippen LogP contribution in [0.4, 0.5) is 0 Å². The second kappa shape index (κ2) is 5.38. The highest BCUT2D eigenvalue weighted by molar-refractivity contribution is 9.10. The molecule has 0 aromatic heterocycles. The van der Waals surface area contributed by atoms with Crippen molar-refractivity contribution in [1.29, 1.82) is 0 Å². The molecular weight excluding hydrogens is 282 g/mol. The summed E-state index contributed by atoms with van der Waals surface area (Å²) < 4.78 is 6.96. The highest BCUT2D eigenvalue weighted by Crippen LogP contribution is 2.30. The molecule has 1 aromatic carbocycles. The van der Waals surface area contributed by atoms with Gasteiger partial charge in [-0.2, -0.15) is 0 Å². The lowest BCUT2D eigenvalue weighted by atomic mass is 10.0. The molecule has 2 unspecified atom stereocenters. The van der Waals surface area contributed by atoms with Gasteiger partial charge in [-0.1, -0.05) is 29.8 Å². The summed E-state index contributed by atoms with van der Waals surface area (Å²) in [4.78, 5) is 0. The van der Waals surface area contributed by atoms with Crippen molar-refractivity contribution in [1.82, 2.24) is 5.32 Å². The van der Waals surface area contributed by atoms with Crippen LogP contribution in [0.3, 0.4) is 0 Å². The summed E-state index contributed by atoms with van der Waals surface area (Å²) >= 11 is 3.47. The third kappa shape index (κ3) is 3.00. The summed E-state index contributed by atoms with van der Waals surface area (Å²) in [6.45, 7) is 5.59. The Balaban J connectivity index is 2.19. The Labute approximate surface area is 110 Å². The van der Waals surface area contributed by atoms with Crippen molar-refractivity contribution in [3.8, 4) is 5.75 Å². The number of hydrogen-bond acceptors (Lipinski definition) is 3. The summed E-state index contributed by atoms with van der Waals surface area (Å²) in [5.41, 5.74) is 1.17. The zero-order chi connectivity index (χ0) is 12.4. The Hall–Kier alpha value is -0.580. The number of aliphatic hydroxyl groups is 1. The van der Waals surface area contributed by atoms with E-state index < -0.39 is 6.10 Å². The van der Waals surface area contributed by atoms with Gasteiger partial charge in [-0.3, -0.25) is 0 Å². The Kier molecular flexibility index (Phi) is 4.07. The Bertz CT molecular complexity index is 395. The molecule has 0 saturated carbocycles. The molecule has 1 heterocycles. The fourth-order valence-corrected chi connectivity index (χ4v) is 2.38. The van der Waals surface area contributed by atoms with Gasteiger partial charge in [0, 0.05) is 17.6 Å². The summed E-state index contributed by atoms with van der Waals surface area (Å²) in [5.74, 6) is 1.27. The molecule has 0 bridgehead atoms. The van der Waals surface area contributed by atoms with Gasteiger partial charge in [-0.05, 0) is 29.7 Å². The molecule has 0 spiro atoms. The van der Waals surface area contributed by atoms with E-state index in [1.54, 1.807) is 0 Å². The number of hydrogen-bond donors (Lipinski definition) is 2. The standard InChI is InChI=1S/C13H18BrNO2/c1-8(2)10-5-9(14)3-4-12(10)17-13-7-15-6-11(13)16/h3-5,8,11,13,15-16H,6-7H2,1-2H3. The third-order valence-corrected chi connectivity index (χ3v) is 3.49. The Morgan fingerprint density at radius 3 is 2.76 bits per heavy atom. The van der Waals surface area contributed by atoms with E-state index in [0.717, 1.165) is 10.2 Å². The smallest absolute Gasteiger partial charge is 0.138 e. The lowest BCUT2D eigenvalue weighted by Crippen LogP contribution is -2.30. The minimum absolute atomic E-state index is 0.145. The van der Waals surface area contributed by atoms with Crippen LogP contribution in [0.5, 0.6) is 5.75 Å². The fourth-order valence-electron chi connectivity index (χ4n) is 2.00. The monoisotopic (exact) mass is 299 g/mol. The molecule has 1 fully saturated rings. The fraction of sp³-hybridized carbons (Fsp3) is 0.538. The number of halogens is 1. The van der Waals surface area contributed by atoms with Gasteiger partial charge >= 0.3 is 0 Å². The third-order valence-electron chi connectivity index (χ3n) is 3.00. The largest absolute Gasteiger partial charge is 0.486 e. The molecule has 4 heteroatoms. The minimum Gasteiger partial charge on any atom is -0.486 e. The second-order valence-electron chi connectivity index (χ2n) is 4.72. The van der Waals surface area contributed by atoms with Crippen LogP contribution in [-0.4, -0.2) is 30.4 Å². The van der Waals surface area contributed by atoms with Crippen molar-refractivity contribution in [2.24, 2.45) is 0 Å². The van der Waals surface area contributed by atoms with Crippen LogP contribution >= 0.6 is 15.9 Å². The lowest BCUT2D eigenvalue weighted by molar-refractivity contribution is 0.0729. The van der Waals surface area contributed by atoms with E-state index in [1.807, 2.05) is 12.1 Å². The predicted molar refractivity (Wildman–Crippen MR) is 71.5 cm³/mol. The maximum Gasteiger partial charge on any atom is 0.138 e. The van der Waals surface area contributed by atoms with E-state index in [9.17, 15) is 5.11 Å². The zero-order valence-corrected chi connectivity index (χ0v) is 11.7. The summed E-state index contributed by atoms with van der Waals surface area (Å²) in [5, 5.41) is 12.9. The van der Waals surface area contributed by atoms with Gasteiger partial charge in [0.05, 0.1) is 0 Å². The molecule has 2 atom stereocenters. The van der Waals surface area contributed by atoms with E-state index in [1.165, 1.54) is 5.56 Å². The van der Waals surface area contributed by atoms with E-state index in [0.29, 0.717) is 19.0 Å². The van der Waals surface area contributed by atoms with E-state index in [4.69, 9.17) is 4.74 Å². The number of nitrogens with one attached hydrogen (secondary N) is 1. The first-order valence-electron chi connectivity index (χ1n) is 5.93. The lowest BCUT2D eigenvalue weighted by Gasteiger charge is -2.20. The maximum atomic E-state index is 9.74. The van der Waals surface area contributed by atoms with Gasteiger partial charge in [0.15, 0.2) is 0 Å². The number of β-amino-alcohol motifs (C(OH)–C–C–N with tert-alkyl or cyclic N) is 1. The highest BCUT2D eigenvalue weighted by atomic mass is 79.9. The van der Waals surface area contributed by atoms with E-state index >= 15 is 0 Å². The number of rotatable bonds is 3. The van der Waals surface area contributed by atoms with Gasteiger partial charge < -0.3 is 15.2 Å². The predicted octanol–water partition coefficient (Wildman–Crippen LogP) is 2.28. The van der Waals surface area contributed by atoms with Gasteiger partial charge in [0.25, 0.3) is 0 Å². The molecule has 1 aromatic rings. The molecule has 2 N–H and O–H groups in total. The average molecular weight is 300 g/mol. The summed E-state index contributed by atoms with van der Waals surface area (Å²) in [6.07, 6.45) is -0.563. The van der Waals surface area contributed by atoms with Crippen LogP contribution in [-0.2, 0) is 0 Å². The van der Waals surface area contributed by atoms with Crippen molar-refractivity contribution in [3.63, 3.8) is 0 Å².